The molecule has 0 fully saturated rings. The van der Waals surface area contributed by atoms with E-state index in [0.717, 1.165) is 0 Å². The van der Waals surface area contributed by atoms with Crippen LogP contribution in [-0.4, -0.2) is 48.0 Å². The predicted octanol–water partition coefficient (Wildman–Crippen LogP) is 1.35. The van der Waals surface area contributed by atoms with E-state index in [0.29, 0.717) is 0 Å². The van der Waals surface area contributed by atoms with Crippen molar-refractivity contribution in [3.63, 3.8) is 0 Å². The number of carbonyl (C=O) groups is 3. The Morgan fingerprint density at radius 2 is 1.62 bits per heavy atom. The van der Waals surface area contributed by atoms with Crippen molar-refractivity contribution < 1.29 is 23.9 Å². The van der Waals surface area contributed by atoms with Gasteiger partial charge in [-0.2, -0.15) is 0 Å². The molecule has 1 aromatic carbocycles. The predicted molar refractivity (Wildman–Crippen MR) is 88.5 cm³/mol. The van der Waals surface area contributed by atoms with Crippen molar-refractivity contribution in [1.82, 2.24) is 4.90 Å². The fourth-order valence-corrected chi connectivity index (χ4v) is 2.36. The van der Waals surface area contributed by atoms with Gasteiger partial charge >= 0.3 is 5.97 Å². The molecule has 24 heavy (non-hydrogen) atoms. The standard InChI is InChI=1S/C17H24N2O5/c1-11(2)19(12(3)4)16(21)10-24-17(22)13-7-5-6-8-14(13)23-9-15(18)20/h5-8,11-12H,9-10H2,1-4H3,(H2,18,20). The van der Waals surface area contributed by atoms with Gasteiger partial charge in [-0.05, 0) is 39.8 Å². The zero-order chi connectivity index (χ0) is 18.3. The van der Waals surface area contributed by atoms with Gasteiger partial charge < -0.3 is 20.1 Å². The molecule has 132 valence electrons. The quantitative estimate of drug-likeness (QED) is 0.723. The Bertz CT molecular complexity index is 590. The Morgan fingerprint density at radius 1 is 1.04 bits per heavy atom. The number of carbonyl (C=O) groups excluding carboxylic acids is 3. The average molecular weight is 336 g/mol. The third kappa shape index (κ3) is 5.57. The van der Waals surface area contributed by atoms with Crippen molar-refractivity contribution >= 4 is 17.8 Å². The monoisotopic (exact) mass is 336 g/mol. The van der Waals surface area contributed by atoms with Gasteiger partial charge in [0, 0.05) is 12.1 Å². The first kappa shape index (κ1) is 19.5. The van der Waals surface area contributed by atoms with Crippen molar-refractivity contribution in [2.75, 3.05) is 13.2 Å². The Balaban J connectivity index is 2.75. The number of primary amides is 1. The molecule has 2 N–H and O–H groups in total. The number of esters is 1. The highest BCUT2D eigenvalue weighted by Crippen LogP contribution is 2.19. The molecule has 0 spiro atoms. The lowest BCUT2D eigenvalue weighted by atomic mass is 10.2. The molecule has 0 unspecified atom stereocenters. The minimum atomic E-state index is -0.698. The largest absolute Gasteiger partial charge is 0.483 e. The Kier molecular flexibility index (Phi) is 7.23. The van der Waals surface area contributed by atoms with Crippen molar-refractivity contribution in [2.24, 2.45) is 5.73 Å². The van der Waals surface area contributed by atoms with E-state index >= 15 is 0 Å². The van der Waals surface area contributed by atoms with Crippen LogP contribution >= 0.6 is 0 Å². The van der Waals surface area contributed by atoms with Crippen molar-refractivity contribution in [2.45, 2.75) is 39.8 Å². The maximum Gasteiger partial charge on any atom is 0.342 e. The molecular weight excluding hydrogens is 312 g/mol. The van der Waals surface area contributed by atoms with Gasteiger partial charge in [0.25, 0.3) is 11.8 Å². The molecule has 1 rings (SSSR count). The van der Waals surface area contributed by atoms with Gasteiger partial charge in [0.15, 0.2) is 13.2 Å². The van der Waals surface area contributed by atoms with E-state index in [-0.39, 0.29) is 42.5 Å². The lowest BCUT2D eigenvalue weighted by Gasteiger charge is -2.30. The first-order chi connectivity index (χ1) is 11.2. The van der Waals surface area contributed by atoms with E-state index in [9.17, 15) is 14.4 Å². The fourth-order valence-electron chi connectivity index (χ4n) is 2.36. The SMILES string of the molecule is CC(C)N(C(=O)COC(=O)c1ccccc1OCC(N)=O)C(C)C. The minimum absolute atomic E-state index is 0.00221. The molecule has 1 aromatic rings. The number of para-hydroxylation sites is 1. The zero-order valence-electron chi connectivity index (χ0n) is 14.4. The summed E-state index contributed by atoms with van der Waals surface area (Å²) in [5, 5.41) is 0. The minimum Gasteiger partial charge on any atom is -0.483 e. The molecule has 0 saturated heterocycles. The normalized spacial score (nSPS) is 10.6. The molecule has 0 saturated carbocycles. The Labute approximate surface area is 141 Å². The molecule has 0 aliphatic rings. The van der Waals surface area contributed by atoms with Crippen LogP contribution < -0.4 is 10.5 Å². The number of hydrogen-bond acceptors (Lipinski definition) is 5. The topological polar surface area (TPSA) is 98.9 Å². The summed E-state index contributed by atoms with van der Waals surface area (Å²) in [4.78, 5) is 36.8. The summed E-state index contributed by atoms with van der Waals surface area (Å²) in [7, 11) is 0. The van der Waals surface area contributed by atoms with Gasteiger partial charge in [-0.1, -0.05) is 12.1 Å². The summed E-state index contributed by atoms with van der Waals surface area (Å²) >= 11 is 0. The van der Waals surface area contributed by atoms with Crippen LogP contribution in [0.4, 0.5) is 0 Å². The van der Waals surface area contributed by atoms with Gasteiger partial charge in [-0.3, -0.25) is 9.59 Å². The van der Waals surface area contributed by atoms with Crippen molar-refractivity contribution in [1.29, 1.82) is 0 Å². The fraction of sp³-hybridized carbons (Fsp3) is 0.471. The molecule has 7 heteroatoms. The van der Waals surface area contributed by atoms with Crippen LogP contribution in [-0.2, 0) is 14.3 Å². The van der Waals surface area contributed by atoms with E-state index < -0.39 is 11.9 Å². The summed E-state index contributed by atoms with van der Waals surface area (Å²) < 4.78 is 10.3. The van der Waals surface area contributed by atoms with Crippen molar-refractivity contribution in [3.05, 3.63) is 29.8 Å². The second kappa shape index (κ2) is 8.90. The summed E-state index contributed by atoms with van der Waals surface area (Å²) in [5.74, 6) is -1.45. The van der Waals surface area contributed by atoms with Crippen LogP contribution in [0.25, 0.3) is 0 Å². The number of nitrogens with two attached hydrogens (primary N) is 1. The number of nitrogens with zero attached hydrogens (tertiary/aromatic N) is 1. The first-order valence-corrected chi connectivity index (χ1v) is 7.72. The van der Waals surface area contributed by atoms with Crippen LogP contribution in [0.3, 0.4) is 0 Å². The molecule has 0 radical (unpaired) electrons. The van der Waals surface area contributed by atoms with Gasteiger partial charge in [0.2, 0.25) is 0 Å². The van der Waals surface area contributed by atoms with Gasteiger partial charge in [-0.15, -0.1) is 0 Å². The summed E-state index contributed by atoms with van der Waals surface area (Å²) in [6.45, 7) is 6.87. The van der Waals surface area contributed by atoms with E-state index in [1.807, 2.05) is 27.7 Å². The number of rotatable bonds is 8. The summed E-state index contributed by atoms with van der Waals surface area (Å²) in [6.07, 6.45) is 0. The molecule has 0 aliphatic carbocycles. The summed E-state index contributed by atoms with van der Waals surface area (Å²) in [5.41, 5.74) is 5.16. The molecular formula is C17H24N2O5. The van der Waals surface area contributed by atoms with Crippen LogP contribution in [0.15, 0.2) is 24.3 Å². The van der Waals surface area contributed by atoms with Crippen molar-refractivity contribution in [3.8, 4) is 5.75 Å². The third-order valence-electron chi connectivity index (χ3n) is 3.20. The van der Waals surface area contributed by atoms with Gasteiger partial charge in [-0.25, -0.2) is 4.79 Å². The van der Waals surface area contributed by atoms with Crippen LogP contribution in [0.5, 0.6) is 5.75 Å². The lowest BCUT2D eigenvalue weighted by Crippen LogP contribution is -2.44. The van der Waals surface area contributed by atoms with E-state index in [1.54, 1.807) is 17.0 Å². The van der Waals surface area contributed by atoms with Crippen LogP contribution in [0.1, 0.15) is 38.1 Å². The molecule has 2 amide bonds. The second-order valence-electron chi connectivity index (χ2n) is 5.82. The number of benzene rings is 1. The Morgan fingerprint density at radius 3 is 2.17 bits per heavy atom. The maximum atomic E-state index is 12.2. The first-order valence-electron chi connectivity index (χ1n) is 7.72. The van der Waals surface area contributed by atoms with E-state index in [2.05, 4.69) is 0 Å². The van der Waals surface area contributed by atoms with Crippen LogP contribution in [0, 0.1) is 0 Å². The highest BCUT2D eigenvalue weighted by molar-refractivity contribution is 5.94. The third-order valence-corrected chi connectivity index (χ3v) is 3.20. The van der Waals surface area contributed by atoms with Crippen LogP contribution in [0.2, 0.25) is 0 Å². The highest BCUT2D eigenvalue weighted by atomic mass is 16.5. The van der Waals surface area contributed by atoms with E-state index in [4.69, 9.17) is 15.2 Å². The smallest absolute Gasteiger partial charge is 0.342 e. The van der Waals surface area contributed by atoms with Gasteiger partial charge in [0.1, 0.15) is 11.3 Å². The Hall–Kier alpha value is -2.57. The molecule has 7 nitrogen and oxygen atoms in total. The lowest BCUT2D eigenvalue weighted by molar-refractivity contribution is -0.138. The van der Waals surface area contributed by atoms with E-state index in [1.165, 1.54) is 12.1 Å². The molecule has 0 aromatic heterocycles. The highest BCUT2D eigenvalue weighted by Gasteiger charge is 2.22. The molecule has 0 bridgehead atoms. The summed E-state index contributed by atoms with van der Waals surface area (Å²) in [6, 6.07) is 6.30. The number of ether oxygens (including phenoxy) is 2. The van der Waals surface area contributed by atoms with Gasteiger partial charge in [0.05, 0.1) is 0 Å². The molecule has 0 aliphatic heterocycles. The zero-order valence-corrected chi connectivity index (χ0v) is 14.4. The maximum absolute atomic E-state index is 12.2. The number of amides is 2. The molecule has 0 heterocycles. The molecule has 0 atom stereocenters. The average Bonchev–Trinajstić information content (AvgIpc) is 2.50. The number of hydrogen-bond donors (Lipinski definition) is 1. The second-order valence-corrected chi connectivity index (χ2v) is 5.82.